The third kappa shape index (κ3) is 1.71. The third-order valence-electron chi connectivity index (χ3n) is 4.86. The molecule has 0 aromatic carbocycles. The molecule has 0 radical (unpaired) electrons. The number of hydrogen-bond donors (Lipinski definition) is 1. The van der Waals surface area contributed by atoms with Gasteiger partial charge in [0.15, 0.2) is 0 Å². The van der Waals surface area contributed by atoms with Crippen molar-refractivity contribution in [3.63, 3.8) is 0 Å². The van der Waals surface area contributed by atoms with Crippen molar-refractivity contribution in [2.45, 2.75) is 60.5 Å². The Morgan fingerprint density at radius 1 is 1.14 bits per heavy atom. The van der Waals surface area contributed by atoms with Gasteiger partial charge < -0.3 is 5.11 Å². The zero-order valence-corrected chi connectivity index (χ0v) is 10.6. The van der Waals surface area contributed by atoms with E-state index in [-0.39, 0.29) is 6.10 Å². The molecule has 0 heterocycles. The molecule has 0 bridgehead atoms. The summed E-state index contributed by atoms with van der Waals surface area (Å²) in [5, 5.41) is 10.2. The molecule has 1 heteroatoms. The normalized spacial score (nSPS) is 28.5. The monoisotopic (exact) mass is 198 g/mol. The average Bonchev–Trinajstić information content (AvgIpc) is 2.42. The van der Waals surface area contributed by atoms with Crippen LogP contribution in [0.25, 0.3) is 0 Å². The quantitative estimate of drug-likeness (QED) is 0.733. The molecule has 2 atom stereocenters. The van der Waals surface area contributed by atoms with E-state index in [0.29, 0.717) is 22.7 Å². The van der Waals surface area contributed by atoms with Crippen LogP contribution in [-0.2, 0) is 0 Å². The summed E-state index contributed by atoms with van der Waals surface area (Å²) in [5.74, 6) is 1.14. The summed E-state index contributed by atoms with van der Waals surface area (Å²) in [6, 6.07) is 0. The summed E-state index contributed by atoms with van der Waals surface area (Å²) in [4.78, 5) is 0. The lowest BCUT2D eigenvalue weighted by molar-refractivity contribution is 0.103. The first-order chi connectivity index (χ1) is 6.25. The van der Waals surface area contributed by atoms with Crippen LogP contribution < -0.4 is 0 Å². The Balaban J connectivity index is 2.53. The molecule has 1 fully saturated rings. The van der Waals surface area contributed by atoms with Crippen molar-refractivity contribution in [2.75, 3.05) is 0 Å². The molecule has 14 heavy (non-hydrogen) atoms. The number of rotatable bonds is 4. The molecule has 1 aliphatic rings. The van der Waals surface area contributed by atoms with Crippen molar-refractivity contribution in [1.29, 1.82) is 0 Å². The van der Waals surface area contributed by atoms with Crippen LogP contribution in [0.1, 0.15) is 54.4 Å². The van der Waals surface area contributed by atoms with E-state index < -0.39 is 0 Å². The summed E-state index contributed by atoms with van der Waals surface area (Å²) >= 11 is 0. The Morgan fingerprint density at radius 3 is 1.86 bits per heavy atom. The molecule has 2 unspecified atom stereocenters. The van der Waals surface area contributed by atoms with E-state index in [1.54, 1.807) is 0 Å². The second-order valence-corrected chi connectivity index (χ2v) is 6.24. The van der Waals surface area contributed by atoms with Crippen LogP contribution >= 0.6 is 0 Å². The van der Waals surface area contributed by atoms with E-state index in [4.69, 9.17) is 0 Å². The fourth-order valence-corrected chi connectivity index (χ4v) is 2.92. The summed E-state index contributed by atoms with van der Waals surface area (Å²) in [6.07, 6.45) is 2.04. The predicted molar refractivity (Wildman–Crippen MR) is 61.1 cm³/mol. The van der Waals surface area contributed by atoms with Crippen molar-refractivity contribution >= 4 is 0 Å². The number of aliphatic hydroxyl groups excluding tert-OH is 1. The van der Waals surface area contributed by atoms with Crippen LogP contribution in [0.2, 0.25) is 0 Å². The molecule has 0 spiro atoms. The molecular weight excluding hydrogens is 172 g/mol. The summed E-state index contributed by atoms with van der Waals surface area (Å²) < 4.78 is 0. The Hall–Kier alpha value is -0.0400. The van der Waals surface area contributed by atoms with Crippen LogP contribution in [-0.4, -0.2) is 11.2 Å². The van der Waals surface area contributed by atoms with Crippen molar-refractivity contribution in [1.82, 2.24) is 0 Å². The topological polar surface area (TPSA) is 20.2 Å². The van der Waals surface area contributed by atoms with Gasteiger partial charge >= 0.3 is 0 Å². The summed E-state index contributed by atoms with van der Waals surface area (Å²) in [7, 11) is 0. The molecular formula is C13H26O. The second-order valence-electron chi connectivity index (χ2n) is 6.24. The SMILES string of the molecule is CCC(C)CC(O)C1C(C)(C)C1(C)C. The Labute approximate surface area is 88.9 Å². The maximum Gasteiger partial charge on any atom is 0.0581 e. The fourth-order valence-electron chi connectivity index (χ4n) is 2.92. The zero-order chi connectivity index (χ0) is 11.1. The van der Waals surface area contributed by atoms with Crippen LogP contribution in [0.15, 0.2) is 0 Å². The average molecular weight is 198 g/mol. The van der Waals surface area contributed by atoms with Gasteiger partial charge in [-0.25, -0.2) is 0 Å². The van der Waals surface area contributed by atoms with Crippen molar-refractivity contribution < 1.29 is 5.11 Å². The fraction of sp³-hybridized carbons (Fsp3) is 1.00. The second kappa shape index (κ2) is 3.52. The van der Waals surface area contributed by atoms with Gasteiger partial charge in [-0.2, -0.15) is 0 Å². The lowest BCUT2D eigenvalue weighted by atomic mass is 9.95. The van der Waals surface area contributed by atoms with Gasteiger partial charge in [-0.05, 0) is 29.1 Å². The van der Waals surface area contributed by atoms with Gasteiger partial charge in [0.05, 0.1) is 6.10 Å². The Bertz CT molecular complexity index is 191. The number of hydrogen-bond acceptors (Lipinski definition) is 1. The van der Waals surface area contributed by atoms with Crippen LogP contribution in [0.3, 0.4) is 0 Å². The standard InChI is InChI=1S/C13H26O/c1-7-9(2)8-10(14)11-12(3,4)13(11,5)6/h9-11,14H,7-8H2,1-6H3. The lowest BCUT2D eigenvalue weighted by Gasteiger charge is -2.16. The van der Waals surface area contributed by atoms with E-state index >= 15 is 0 Å². The first-order valence-corrected chi connectivity index (χ1v) is 5.93. The van der Waals surface area contributed by atoms with Gasteiger partial charge in [-0.15, -0.1) is 0 Å². The Morgan fingerprint density at radius 2 is 1.57 bits per heavy atom. The molecule has 1 nitrogen and oxygen atoms in total. The van der Waals surface area contributed by atoms with E-state index in [1.165, 1.54) is 6.42 Å². The number of aliphatic hydroxyl groups is 1. The first kappa shape index (κ1) is 12.0. The third-order valence-corrected chi connectivity index (χ3v) is 4.86. The minimum absolute atomic E-state index is 0.102. The highest BCUT2D eigenvalue weighted by atomic mass is 16.3. The summed E-state index contributed by atoms with van der Waals surface area (Å²) in [6.45, 7) is 13.5. The summed E-state index contributed by atoms with van der Waals surface area (Å²) in [5.41, 5.74) is 0.639. The van der Waals surface area contributed by atoms with Gasteiger partial charge in [0.25, 0.3) is 0 Å². The molecule has 1 saturated carbocycles. The molecule has 0 amide bonds. The predicted octanol–water partition coefficient (Wildman–Crippen LogP) is 3.47. The Kier molecular flexibility index (Phi) is 3.02. The van der Waals surface area contributed by atoms with E-state index in [0.717, 1.165) is 6.42 Å². The molecule has 0 saturated heterocycles. The van der Waals surface area contributed by atoms with Gasteiger partial charge in [-0.3, -0.25) is 0 Å². The van der Waals surface area contributed by atoms with Gasteiger partial charge in [0.2, 0.25) is 0 Å². The molecule has 1 rings (SSSR count). The highest BCUT2D eigenvalue weighted by Crippen LogP contribution is 2.70. The smallest absolute Gasteiger partial charge is 0.0581 e. The van der Waals surface area contributed by atoms with Gasteiger partial charge in [-0.1, -0.05) is 48.0 Å². The minimum atomic E-state index is -0.102. The lowest BCUT2D eigenvalue weighted by Crippen LogP contribution is -2.17. The van der Waals surface area contributed by atoms with E-state index in [9.17, 15) is 5.11 Å². The van der Waals surface area contributed by atoms with Crippen LogP contribution in [0.4, 0.5) is 0 Å². The van der Waals surface area contributed by atoms with Crippen molar-refractivity contribution in [3.05, 3.63) is 0 Å². The maximum absolute atomic E-state index is 10.2. The minimum Gasteiger partial charge on any atom is -0.393 e. The molecule has 0 aromatic heterocycles. The molecule has 0 aliphatic heterocycles. The maximum atomic E-state index is 10.2. The molecule has 1 aliphatic carbocycles. The van der Waals surface area contributed by atoms with E-state index in [1.807, 2.05) is 0 Å². The first-order valence-electron chi connectivity index (χ1n) is 5.93. The van der Waals surface area contributed by atoms with Crippen molar-refractivity contribution in [2.24, 2.45) is 22.7 Å². The van der Waals surface area contributed by atoms with Gasteiger partial charge in [0.1, 0.15) is 0 Å². The molecule has 0 aromatic rings. The van der Waals surface area contributed by atoms with Crippen molar-refractivity contribution in [3.8, 4) is 0 Å². The van der Waals surface area contributed by atoms with E-state index in [2.05, 4.69) is 41.5 Å². The highest BCUT2D eigenvalue weighted by molar-refractivity contribution is 5.14. The van der Waals surface area contributed by atoms with Crippen LogP contribution in [0.5, 0.6) is 0 Å². The molecule has 1 N–H and O–H groups in total. The largest absolute Gasteiger partial charge is 0.393 e. The molecule has 84 valence electrons. The van der Waals surface area contributed by atoms with Gasteiger partial charge in [0, 0.05) is 0 Å². The van der Waals surface area contributed by atoms with Crippen LogP contribution in [0, 0.1) is 22.7 Å². The zero-order valence-electron chi connectivity index (χ0n) is 10.6. The highest BCUT2D eigenvalue weighted by Gasteiger charge is 2.66.